The molecule has 0 aliphatic carbocycles. The predicted molar refractivity (Wildman–Crippen MR) is 102 cm³/mol. The Balaban J connectivity index is 0.00000225. The van der Waals surface area contributed by atoms with Crippen LogP contribution in [0.2, 0.25) is 5.02 Å². The lowest BCUT2D eigenvalue weighted by Crippen LogP contribution is -2.35. The summed E-state index contributed by atoms with van der Waals surface area (Å²) in [7, 11) is 1.62. The van der Waals surface area contributed by atoms with Crippen LogP contribution in [0.15, 0.2) is 47.5 Å². The van der Waals surface area contributed by atoms with Gasteiger partial charge < -0.3 is 10.5 Å². The van der Waals surface area contributed by atoms with Crippen molar-refractivity contribution in [1.29, 1.82) is 0 Å². The van der Waals surface area contributed by atoms with Gasteiger partial charge in [-0.2, -0.15) is 0 Å². The summed E-state index contributed by atoms with van der Waals surface area (Å²) in [6.07, 6.45) is 0.597. The Morgan fingerprint density at radius 2 is 1.92 bits per heavy atom. The third-order valence-electron chi connectivity index (χ3n) is 4.40. The highest BCUT2D eigenvalue weighted by atomic mass is 35.5. The number of Topliss-reactive ketones (excluding diaryl/α,β-unsaturated/α-hetero) is 1. The van der Waals surface area contributed by atoms with Gasteiger partial charge in [-0.1, -0.05) is 11.6 Å². The normalized spacial score (nSPS) is 18.2. The summed E-state index contributed by atoms with van der Waals surface area (Å²) in [4.78, 5) is 17.9. The molecule has 1 unspecified atom stereocenters. The standard InChI is InChI=1S/C19H19ClN2O2.ClH/c1-19(18(23)12-3-5-13(20)6-4-12)16(9-10-21)15-11-14(24-2)7-8-17(15)22-19;/h3-8,11H,9-10,21H2,1-2H3;1H. The lowest BCUT2D eigenvalue weighted by molar-refractivity contribution is 0.0936. The van der Waals surface area contributed by atoms with Crippen LogP contribution in [0.1, 0.15) is 23.7 Å². The number of carbonyl (C=O) groups is 1. The number of ether oxygens (including phenoxy) is 1. The average molecular weight is 379 g/mol. The number of nitrogens with zero attached hydrogens (tertiary/aromatic N) is 1. The lowest BCUT2D eigenvalue weighted by Gasteiger charge is -2.24. The first-order valence-corrected chi connectivity index (χ1v) is 8.15. The van der Waals surface area contributed by atoms with Crippen molar-refractivity contribution in [2.45, 2.75) is 18.9 Å². The molecule has 0 radical (unpaired) electrons. The van der Waals surface area contributed by atoms with Gasteiger partial charge in [0.05, 0.1) is 12.5 Å². The van der Waals surface area contributed by atoms with Crippen molar-refractivity contribution in [3.63, 3.8) is 0 Å². The van der Waals surface area contributed by atoms with Crippen LogP contribution in [0.4, 0.5) is 0 Å². The third kappa shape index (κ3) is 3.43. The summed E-state index contributed by atoms with van der Waals surface area (Å²) in [6.45, 7) is 2.30. The number of hydrogen-bond acceptors (Lipinski definition) is 4. The summed E-state index contributed by atoms with van der Waals surface area (Å²) >= 11 is 5.93. The van der Waals surface area contributed by atoms with Gasteiger partial charge in [-0.05, 0) is 67.9 Å². The number of benzene rings is 2. The fraction of sp³-hybridized carbons (Fsp3) is 0.263. The molecule has 1 aliphatic heterocycles. The molecule has 0 bridgehead atoms. The Bertz CT molecular complexity index is 910. The SMILES string of the molecule is COc1ccc2c(c1)=C(CCN)C(C)(C(=O)c1ccc(Cl)cc1)N=2.Cl. The molecule has 1 atom stereocenters. The molecule has 0 spiro atoms. The zero-order chi connectivity index (χ0) is 17.3. The quantitative estimate of drug-likeness (QED) is 0.813. The van der Waals surface area contributed by atoms with E-state index in [0.29, 0.717) is 23.6 Å². The zero-order valence-electron chi connectivity index (χ0n) is 14.1. The molecule has 1 heterocycles. The molecule has 2 aromatic rings. The fourth-order valence-electron chi connectivity index (χ4n) is 3.14. The molecule has 2 N–H and O–H groups in total. The topological polar surface area (TPSA) is 64.7 Å². The Morgan fingerprint density at radius 3 is 2.52 bits per heavy atom. The second-order valence-corrected chi connectivity index (χ2v) is 6.36. The van der Waals surface area contributed by atoms with E-state index in [9.17, 15) is 4.79 Å². The predicted octanol–water partition coefficient (Wildman–Crippen LogP) is 2.54. The summed E-state index contributed by atoms with van der Waals surface area (Å²) in [6, 6.07) is 12.5. The minimum absolute atomic E-state index is 0. The number of fused-ring (bicyclic) bond motifs is 1. The highest BCUT2D eigenvalue weighted by Gasteiger charge is 2.40. The number of methoxy groups -OCH3 is 1. The van der Waals surface area contributed by atoms with Crippen LogP contribution < -0.4 is 21.0 Å². The van der Waals surface area contributed by atoms with E-state index in [2.05, 4.69) is 0 Å². The molecule has 0 saturated carbocycles. The van der Waals surface area contributed by atoms with Crippen LogP contribution in [0.3, 0.4) is 0 Å². The van der Waals surface area contributed by atoms with E-state index in [4.69, 9.17) is 27.1 Å². The Kier molecular flexibility index (Phi) is 5.88. The minimum Gasteiger partial charge on any atom is -0.497 e. The largest absolute Gasteiger partial charge is 0.497 e. The fourth-order valence-corrected chi connectivity index (χ4v) is 3.27. The number of carbonyl (C=O) groups excluding carboxylic acids is 1. The Morgan fingerprint density at radius 1 is 1.24 bits per heavy atom. The van der Waals surface area contributed by atoms with Gasteiger partial charge in [0.1, 0.15) is 11.3 Å². The number of halogens is 2. The molecular formula is C19H20Cl2N2O2. The van der Waals surface area contributed by atoms with Crippen LogP contribution in [-0.2, 0) is 0 Å². The molecule has 1 aliphatic rings. The second kappa shape index (κ2) is 7.56. The lowest BCUT2D eigenvalue weighted by atomic mass is 9.83. The average Bonchev–Trinajstić information content (AvgIpc) is 2.88. The van der Waals surface area contributed by atoms with E-state index < -0.39 is 5.54 Å². The van der Waals surface area contributed by atoms with Gasteiger partial charge in [-0.15, -0.1) is 12.4 Å². The molecule has 25 heavy (non-hydrogen) atoms. The van der Waals surface area contributed by atoms with Gasteiger partial charge in [0, 0.05) is 15.8 Å². The maximum absolute atomic E-state index is 13.2. The van der Waals surface area contributed by atoms with Gasteiger partial charge >= 0.3 is 0 Å². The molecule has 3 rings (SSSR count). The van der Waals surface area contributed by atoms with Crippen LogP contribution in [-0.4, -0.2) is 25.0 Å². The van der Waals surface area contributed by atoms with E-state index in [-0.39, 0.29) is 18.2 Å². The summed E-state index contributed by atoms with van der Waals surface area (Å²) in [5.74, 6) is 0.680. The summed E-state index contributed by atoms with van der Waals surface area (Å²) < 4.78 is 5.31. The van der Waals surface area contributed by atoms with Crippen LogP contribution in [0.5, 0.6) is 5.75 Å². The van der Waals surface area contributed by atoms with Crippen LogP contribution >= 0.6 is 24.0 Å². The maximum Gasteiger partial charge on any atom is 0.194 e. The van der Waals surface area contributed by atoms with E-state index in [1.165, 1.54) is 0 Å². The highest BCUT2D eigenvalue weighted by molar-refractivity contribution is 6.30. The molecule has 6 heteroatoms. The third-order valence-corrected chi connectivity index (χ3v) is 4.66. The maximum atomic E-state index is 13.2. The van der Waals surface area contributed by atoms with Crippen molar-refractivity contribution in [2.24, 2.45) is 10.7 Å². The first-order valence-electron chi connectivity index (χ1n) is 7.77. The second-order valence-electron chi connectivity index (χ2n) is 5.92. The Labute approximate surface area is 157 Å². The van der Waals surface area contributed by atoms with Crippen molar-refractivity contribution in [3.8, 4) is 5.75 Å². The van der Waals surface area contributed by atoms with Gasteiger partial charge in [-0.25, -0.2) is 0 Å². The smallest absolute Gasteiger partial charge is 0.194 e. The first-order chi connectivity index (χ1) is 11.5. The number of hydrogen-bond donors (Lipinski definition) is 1. The van der Waals surface area contributed by atoms with E-state index in [1.54, 1.807) is 31.4 Å². The minimum atomic E-state index is -0.956. The molecule has 0 aromatic heterocycles. The molecule has 0 fully saturated rings. The summed E-state index contributed by atoms with van der Waals surface area (Å²) in [5.41, 5.74) is 6.35. The monoisotopic (exact) mass is 378 g/mol. The summed E-state index contributed by atoms with van der Waals surface area (Å²) in [5, 5.41) is 2.33. The van der Waals surface area contributed by atoms with Crippen LogP contribution in [0, 0.1) is 0 Å². The first kappa shape index (κ1) is 19.4. The highest BCUT2D eigenvalue weighted by Crippen LogP contribution is 2.31. The molecule has 0 saturated heterocycles. The molecule has 4 nitrogen and oxygen atoms in total. The van der Waals surface area contributed by atoms with Gasteiger partial charge in [0.2, 0.25) is 0 Å². The Hall–Kier alpha value is -1.88. The number of nitrogens with two attached hydrogens (primary N) is 1. The molecular weight excluding hydrogens is 359 g/mol. The van der Waals surface area contributed by atoms with Crippen molar-refractivity contribution >= 4 is 35.4 Å². The number of ketones is 1. The van der Waals surface area contributed by atoms with E-state index in [1.807, 2.05) is 25.1 Å². The van der Waals surface area contributed by atoms with Crippen LogP contribution in [0.25, 0.3) is 5.57 Å². The molecule has 132 valence electrons. The van der Waals surface area contributed by atoms with E-state index in [0.717, 1.165) is 21.9 Å². The number of rotatable bonds is 5. The molecule has 0 amide bonds. The van der Waals surface area contributed by atoms with Gasteiger partial charge in [0.15, 0.2) is 5.78 Å². The zero-order valence-corrected chi connectivity index (χ0v) is 15.7. The van der Waals surface area contributed by atoms with Crippen molar-refractivity contribution in [1.82, 2.24) is 0 Å². The molecule has 2 aromatic carbocycles. The van der Waals surface area contributed by atoms with Gasteiger partial charge in [-0.3, -0.25) is 9.79 Å². The van der Waals surface area contributed by atoms with Crippen molar-refractivity contribution in [3.05, 3.63) is 63.6 Å². The van der Waals surface area contributed by atoms with E-state index >= 15 is 0 Å². The van der Waals surface area contributed by atoms with Crippen molar-refractivity contribution in [2.75, 3.05) is 13.7 Å². The van der Waals surface area contributed by atoms with Gasteiger partial charge in [0.25, 0.3) is 0 Å². The van der Waals surface area contributed by atoms with Crippen molar-refractivity contribution < 1.29 is 9.53 Å².